The van der Waals surface area contributed by atoms with Crippen LogP contribution in [0.1, 0.15) is 37.6 Å². The molecule has 4 nitrogen and oxygen atoms in total. The number of benzene rings is 2. The van der Waals surface area contributed by atoms with Crippen LogP contribution >= 0.6 is 0 Å². The summed E-state index contributed by atoms with van der Waals surface area (Å²) in [5.74, 6) is 0.917. The monoisotopic (exact) mass is 336 g/mol. The molecule has 1 heterocycles. The molecule has 0 radical (unpaired) electrons. The van der Waals surface area contributed by atoms with Gasteiger partial charge in [0.1, 0.15) is 11.3 Å². The quantitative estimate of drug-likeness (QED) is 0.671. The number of furan rings is 1. The summed E-state index contributed by atoms with van der Waals surface area (Å²) in [5.41, 5.74) is 8.25. The lowest BCUT2D eigenvalue weighted by Gasteiger charge is -2.28. The molecule has 2 aromatic carbocycles. The number of carbonyl (C=O) groups is 1. The largest absolute Gasteiger partial charge is 0.459 e. The molecule has 4 heteroatoms. The zero-order valence-corrected chi connectivity index (χ0v) is 14.7. The van der Waals surface area contributed by atoms with Gasteiger partial charge in [0.2, 0.25) is 5.91 Å². The van der Waals surface area contributed by atoms with Gasteiger partial charge in [-0.05, 0) is 43.2 Å². The van der Waals surface area contributed by atoms with Gasteiger partial charge < -0.3 is 15.1 Å². The van der Waals surface area contributed by atoms with E-state index in [1.165, 1.54) is 0 Å². The first-order chi connectivity index (χ1) is 12.1. The van der Waals surface area contributed by atoms with Crippen LogP contribution in [-0.2, 0) is 11.2 Å². The number of nitrogens with zero attached hydrogens (tertiary/aromatic N) is 1. The first kappa shape index (κ1) is 17.1. The molecule has 0 aliphatic carbocycles. The van der Waals surface area contributed by atoms with Crippen LogP contribution in [0.3, 0.4) is 0 Å². The highest BCUT2D eigenvalue weighted by molar-refractivity contribution is 5.80. The van der Waals surface area contributed by atoms with Crippen LogP contribution in [-0.4, -0.2) is 17.4 Å². The molecule has 3 rings (SSSR count). The Morgan fingerprint density at radius 2 is 1.88 bits per heavy atom. The molecule has 0 spiro atoms. The van der Waals surface area contributed by atoms with Gasteiger partial charge in [-0.2, -0.15) is 0 Å². The smallest absolute Gasteiger partial charge is 0.227 e. The molecule has 0 bridgehead atoms. The SMILES string of the molecule is CCCN(C(=O)Cc1ccc(N)cc1)C(C)c1cc2ccccc2o1. The first-order valence-electron chi connectivity index (χ1n) is 8.71. The maximum absolute atomic E-state index is 12.9. The Balaban J connectivity index is 1.80. The summed E-state index contributed by atoms with van der Waals surface area (Å²) in [4.78, 5) is 14.8. The molecule has 1 amide bonds. The molecule has 0 saturated heterocycles. The summed E-state index contributed by atoms with van der Waals surface area (Å²) < 4.78 is 5.96. The second-order valence-electron chi connectivity index (χ2n) is 6.37. The fourth-order valence-corrected chi connectivity index (χ4v) is 3.05. The average molecular weight is 336 g/mol. The van der Waals surface area contributed by atoms with E-state index in [1.807, 2.05) is 66.4 Å². The molecule has 2 N–H and O–H groups in total. The number of nitrogen functional groups attached to an aromatic ring is 1. The van der Waals surface area contributed by atoms with Crippen molar-refractivity contribution >= 4 is 22.6 Å². The fourth-order valence-electron chi connectivity index (χ4n) is 3.05. The Labute approximate surface area is 148 Å². The third kappa shape index (κ3) is 3.85. The van der Waals surface area contributed by atoms with E-state index in [0.717, 1.165) is 28.7 Å². The maximum Gasteiger partial charge on any atom is 0.227 e. The molecule has 3 aromatic rings. The number of fused-ring (bicyclic) bond motifs is 1. The molecular formula is C21H24N2O2. The number of anilines is 1. The second-order valence-corrected chi connectivity index (χ2v) is 6.37. The number of amides is 1. The number of carbonyl (C=O) groups excluding carboxylic acids is 1. The van der Waals surface area contributed by atoms with E-state index < -0.39 is 0 Å². The van der Waals surface area contributed by atoms with Crippen molar-refractivity contribution in [3.8, 4) is 0 Å². The topological polar surface area (TPSA) is 59.5 Å². The summed E-state index contributed by atoms with van der Waals surface area (Å²) in [7, 11) is 0. The molecule has 25 heavy (non-hydrogen) atoms. The highest BCUT2D eigenvalue weighted by Crippen LogP contribution is 2.28. The van der Waals surface area contributed by atoms with Gasteiger partial charge in [0.25, 0.3) is 0 Å². The van der Waals surface area contributed by atoms with E-state index in [0.29, 0.717) is 18.7 Å². The predicted molar refractivity (Wildman–Crippen MR) is 101 cm³/mol. The van der Waals surface area contributed by atoms with Gasteiger partial charge in [-0.25, -0.2) is 0 Å². The van der Waals surface area contributed by atoms with Gasteiger partial charge in [-0.1, -0.05) is 37.3 Å². The third-order valence-corrected chi connectivity index (χ3v) is 4.44. The Morgan fingerprint density at radius 1 is 1.16 bits per heavy atom. The lowest BCUT2D eigenvalue weighted by Crippen LogP contribution is -2.35. The van der Waals surface area contributed by atoms with Gasteiger partial charge >= 0.3 is 0 Å². The zero-order valence-electron chi connectivity index (χ0n) is 14.7. The van der Waals surface area contributed by atoms with E-state index in [2.05, 4.69) is 6.92 Å². The highest BCUT2D eigenvalue weighted by atomic mass is 16.3. The molecular weight excluding hydrogens is 312 g/mol. The Hall–Kier alpha value is -2.75. The average Bonchev–Trinajstić information content (AvgIpc) is 3.05. The van der Waals surface area contributed by atoms with Crippen LogP contribution in [0.25, 0.3) is 11.0 Å². The van der Waals surface area contributed by atoms with Crippen LogP contribution in [0.4, 0.5) is 5.69 Å². The summed E-state index contributed by atoms with van der Waals surface area (Å²) in [6, 6.07) is 17.3. The molecule has 1 unspecified atom stereocenters. The second kappa shape index (κ2) is 7.43. The van der Waals surface area contributed by atoms with E-state index in [-0.39, 0.29) is 11.9 Å². The number of rotatable bonds is 6. The third-order valence-electron chi connectivity index (χ3n) is 4.44. The number of hydrogen-bond donors (Lipinski definition) is 1. The molecule has 0 aliphatic rings. The summed E-state index contributed by atoms with van der Waals surface area (Å²) >= 11 is 0. The maximum atomic E-state index is 12.9. The van der Waals surface area contributed by atoms with Crippen molar-refractivity contribution in [2.24, 2.45) is 0 Å². The van der Waals surface area contributed by atoms with Crippen molar-refractivity contribution < 1.29 is 9.21 Å². The summed E-state index contributed by atoms with van der Waals surface area (Å²) in [5, 5.41) is 1.06. The van der Waals surface area contributed by atoms with Crippen LogP contribution in [0.5, 0.6) is 0 Å². The minimum atomic E-state index is -0.103. The van der Waals surface area contributed by atoms with Crippen molar-refractivity contribution in [2.45, 2.75) is 32.7 Å². The predicted octanol–water partition coefficient (Wildman–Crippen LogP) is 4.56. The van der Waals surface area contributed by atoms with Gasteiger partial charge in [-0.3, -0.25) is 4.79 Å². The minimum absolute atomic E-state index is 0.0968. The Morgan fingerprint density at radius 3 is 2.56 bits per heavy atom. The normalized spacial score (nSPS) is 12.2. The standard InChI is InChI=1S/C21H24N2O2/c1-3-12-23(21(24)13-16-8-10-18(22)11-9-16)15(2)20-14-17-6-4-5-7-19(17)25-20/h4-11,14-15H,3,12-13,22H2,1-2H3. The molecule has 0 saturated carbocycles. The van der Waals surface area contributed by atoms with E-state index >= 15 is 0 Å². The van der Waals surface area contributed by atoms with Gasteiger partial charge in [0.05, 0.1) is 12.5 Å². The number of hydrogen-bond acceptors (Lipinski definition) is 3. The minimum Gasteiger partial charge on any atom is -0.459 e. The molecule has 0 fully saturated rings. The lowest BCUT2D eigenvalue weighted by molar-refractivity contribution is -0.133. The molecule has 1 aromatic heterocycles. The van der Waals surface area contributed by atoms with Gasteiger partial charge in [0, 0.05) is 17.6 Å². The van der Waals surface area contributed by atoms with Gasteiger partial charge in [-0.15, -0.1) is 0 Å². The van der Waals surface area contributed by atoms with Crippen LogP contribution in [0.2, 0.25) is 0 Å². The van der Waals surface area contributed by atoms with E-state index in [1.54, 1.807) is 0 Å². The number of para-hydroxylation sites is 1. The fraction of sp³-hybridized carbons (Fsp3) is 0.286. The number of nitrogens with two attached hydrogens (primary N) is 1. The van der Waals surface area contributed by atoms with E-state index in [4.69, 9.17) is 10.2 Å². The van der Waals surface area contributed by atoms with Crippen molar-refractivity contribution in [3.05, 3.63) is 65.9 Å². The molecule has 1 atom stereocenters. The Bertz CT molecular complexity index is 819. The first-order valence-corrected chi connectivity index (χ1v) is 8.71. The zero-order chi connectivity index (χ0) is 17.8. The van der Waals surface area contributed by atoms with Crippen molar-refractivity contribution in [1.29, 1.82) is 0 Å². The van der Waals surface area contributed by atoms with Crippen molar-refractivity contribution in [3.63, 3.8) is 0 Å². The van der Waals surface area contributed by atoms with Crippen LogP contribution in [0.15, 0.2) is 59.0 Å². The van der Waals surface area contributed by atoms with Crippen LogP contribution in [0, 0.1) is 0 Å². The van der Waals surface area contributed by atoms with Crippen molar-refractivity contribution in [1.82, 2.24) is 4.90 Å². The molecule has 0 aliphatic heterocycles. The Kier molecular flexibility index (Phi) is 5.08. The summed E-state index contributed by atoms with van der Waals surface area (Å²) in [6.07, 6.45) is 1.27. The lowest BCUT2D eigenvalue weighted by atomic mass is 10.1. The van der Waals surface area contributed by atoms with E-state index in [9.17, 15) is 4.79 Å². The van der Waals surface area contributed by atoms with Crippen LogP contribution < -0.4 is 5.73 Å². The highest BCUT2D eigenvalue weighted by Gasteiger charge is 2.23. The summed E-state index contributed by atoms with van der Waals surface area (Å²) in [6.45, 7) is 4.80. The van der Waals surface area contributed by atoms with Gasteiger partial charge in [0.15, 0.2) is 0 Å². The van der Waals surface area contributed by atoms with Crippen molar-refractivity contribution in [2.75, 3.05) is 12.3 Å². The molecule has 130 valence electrons.